The summed E-state index contributed by atoms with van der Waals surface area (Å²) in [6.45, 7) is 2.13. The number of aliphatic carboxylic acids is 1. The zero-order valence-electron chi connectivity index (χ0n) is 14.8. The maximum atomic E-state index is 13.0. The molecule has 0 aliphatic carbocycles. The van der Waals surface area contributed by atoms with Crippen molar-refractivity contribution in [1.29, 1.82) is 0 Å². The van der Waals surface area contributed by atoms with E-state index in [2.05, 4.69) is 15.3 Å². The maximum Gasteiger partial charge on any atom is 0.309 e. The lowest BCUT2D eigenvalue weighted by Gasteiger charge is -2.41. The number of nitrogens with one attached hydrogen (secondary N) is 1. The number of carboxylic acid groups (broad SMARTS) is 1. The standard InChI is InChI=1S/C19H21FN4O3/c20-14-1-3-15(4-2-14)24-12-13(10-21-24)11-23-7-5-19(6-8-23)16(18(26)27)9-17(25)22-19/h1-4,10,12,16H,5-9,11H2,(H,22,25)(H,26,27). The number of nitrogens with zero attached hydrogens (tertiary/aromatic N) is 3. The zero-order chi connectivity index (χ0) is 19.0. The summed E-state index contributed by atoms with van der Waals surface area (Å²) in [4.78, 5) is 25.5. The second-order valence-corrected chi connectivity index (χ2v) is 7.34. The SMILES string of the molecule is O=C1CC(C(=O)O)C2(CCN(Cc3cnn(-c4ccc(F)cc4)c3)CC2)N1. The highest BCUT2D eigenvalue weighted by atomic mass is 19.1. The van der Waals surface area contributed by atoms with Gasteiger partial charge in [0.05, 0.1) is 23.3 Å². The van der Waals surface area contributed by atoms with Crippen molar-refractivity contribution in [2.75, 3.05) is 13.1 Å². The summed E-state index contributed by atoms with van der Waals surface area (Å²) in [6, 6.07) is 6.14. The normalized spacial score (nSPS) is 22.1. The lowest BCUT2D eigenvalue weighted by molar-refractivity contribution is -0.144. The smallest absolute Gasteiger partial charge is 0.309 e. The van der Waals surface area contributed by atoms with E-state index in [4.69, 9.17) is 0 Å². The number of aromatic nitrogens is 2. The quantitative estimate of drug-likeness (QED) is 0.851. The molecule has 1 amide bonds. The first-order valence-corrected chi connectivity index (χ1v) is 9.01. The van der Waals surface area contributed by atoms with Gasteiger partial charge in [-0.3, -0.25) is 14.5 Å². The Morgan fingerprint density at radius 2 is 2.00 bits per heavy atom. The molecule has 2 N–H and O–H groups in total. The van der Waals surface area contributed by atoms with Gasteiger partial charge in [-0.15, -0.1) is 0 Å². The third-order valence-electron chi connectivity index (χ3n) is 5.62. The van der Waals surface area contributed by atoms with Crippen LogP contribution in [0.25, 0.3) is 5.69 Å². The van der Waals surface area contributed by atoms with Crippen LogP contribution in [-0.2, 0) is 16.1 Å². The Balaban J connectivity index is 1.39. The van der Waals surface area contributed by atoms with E-state index in [-0.39, 0.29) is 18.1 Å². The average molecular weight is 372 g/mol. The Bertz CT molecular complexity index is 856. The summed E-state index contributed by atoms with van der Waals surface area (Å²) in [5, 5.41) is 16.7. The molecule has 1 unspecified atom stereocenters. The molecule has 7 nitrogen and oxygen atoms in total. The Labute approximate surface area is 155 Å². The number of carboxylic acids is 1. The minimum atomic E-state index is -0.901. The van der Waals surface area contributed by atoms with Gasteiger partial charge < -0.3 is 10.4 Å². The van der Waals surface area contributed by atoms with E-state index in [0.717, 1.165) is 11.3 Å². The van der Waals surface area contributed by atoms with Gasteiger partial charge in [0.15, 0.2) is 0 Å². The maximum absolute atomic E-state index is 13.0. The third-order valence-corrected chi connectivity index (χ3v) is 5.62. The molecule has 0 saturated carbocycles. The molecule has 1 aromatic carbocycles. The molecule has 1 spiro atoms. The lowest BCUT2D eigenvalue weighted by Crippen LogP contribution is -2.55. The summed E-state index contributed by atoms with van der Waals surface area (Å²) in [6.07, 6.45) is 5.02. The molecule has 27 heavy (non-hydrogen) atoms. The van der Waals surface area contributed by atoms with Gasteiger partial charge >= 0.3 is 5.97 Å². The Kier molecular flexibility index (Phi) is 4.43. The van der Waals surface area contributed by atoms with Crippen LogP contribution in [-0.4, -0.2) is 50.3 Å². The highest BCUT2D eigenvalue weighted by molar-refractivity contribution is 5.88. The first-order chi connectivity index (χ1) is 12.9. The van der Waals surface area contributed by atoms with Crippen LogP contribution in [0, 0.1) is 11.7 Å². The topological polar surface area (TPSA) is 87.5 Å². The van der Waals surface area contributed by atoms with Gasteiger partial charge in [-0.1, -0.05) is 0 Å². The van der Waals surface area contributed by atoms with Crippen LogP contribution >= 0.6 is 0 Å². The second-order valence-electron chi connectivity index (χ2n) is 7.34. The lowest BCUT2D eigenvalue weighted by atomic mass is 9.77. The van der Waals surface area contributed by atoms with Crippen molar-refractivity contribution >= 4 is 11.9 Å². The van der Waals surface area contributed by atoms with E-state index in [0.29, 0.717) is 32.5 Å². The molecule has 2 saturated heterocycles. The molecule has 1 atom stereocenters. The summed E-state index contributed by atoms with van der Waals surface area (Å²) >= 11 is 0. The first-order valence-electron chi connectivity index (χ1n) is 9.01. The first kappa shape index (κ1) is 17.7. The molecule has 0 bridgehead atoms. The fourth-order valence-corrected chi connectivity index (χ4v) is 4.14. The number of benzene rings is 1. The van der Waals surface area contributed by atoms with Crippen molar-refractivity contribution in [3.05, 3.63) is 48.0 Å². The van der Waals surface area contributed by atoms with Crippen molar-refractivity contribution in [1.82, 2.24) is 20.0 Å². The molecule has 2 aliphatic heterocycles. The molecular formula is C19H21FN4O3. The zero-order valence-corrected chi connectivity index (χ0v) is 14.8. The van der Waals surface area contributed by atoms with Crippen molar-refractivity contribution in [2.45, 2.75) is 31.3 Å². The Hall–Kier alpha value is -2.74. The molecular weight excluding hydrogens is 351 g/mol. The number of rotatable bonds is 4. The van der Waals surface area contributed by atoms with Gasteiger partial charge in [0.25, 0.3) is 0 Å². The van der Waals surface area contributed by atoms with Crippen LogP contribution in [0.2, 0.25) is 0 Å². The van der Waals surface area contributed by atoms with Crippen molar-refractivity contribution in [3.63, 3.8) is 0 Å². The molecule has 1 aromatic heterocycles. The van der Waals surface area contributed by atoms with Crippen LogP contribution in [0.3, 0.4) is 0 Å². The van der Waals surface area contributed by atoms with Gasteiger partial charge in [-0.2, -0.15) is 5.10 Å². The molecule has 2 fully saturated rings. The van der Waals surface area contributed by atoms with E-state index in [1.165, 1.54) is 12.1 Å². The summed E-state index contributed by atoms with van der Waals surface area (Å²) in [5.74, 6) is -2.00. The fourth-order valence-electron chi connectivity index (χ4n) is 4.14. The van der Waals surface area contributed by atoms with Gasteiger partial charge in [0, 0.05) is 37.8 Å². The van der Waals surface area contributed by atoms with Crippen molar-refractivity contribution < 1.29 is 19.1 Å². The summed E-state index contributed by atoms with van der Waals surface area (Å²) < 4.78 is 14.8. The highest BCUT2D eigenvalue weighted by Gasteiger charge is 2.51. The van der Waals surface area contributed by atoms with Crippen molar-refractivity contribution in [2.24, 2.45) is 5.92 Å². The van der Waals surface area contributed by atoms with Crippen molar-refractivity contribution in [3.8, 4) is 5.69 Å². The van der Waals surface area contributed by atoms with Gasteiger partial charge in [-0.25, -0.2) is 9.07 Å². The molecule has 8 heteroatoms. The molecule has 142 valence electrons. The van der Waals surface area contributed by atoms with E-state index in [1.54, 1.807) is 23.0 Å². The number of hydrogen-bond donors (Lipinski definition) is 2. The fraction of sp³-hybridized carbons (Fsp3) is 0.421. The number of likely N-dealkylation sites (tertiary alicyclic amines) is 1. The Morgan fingerprint density at radius 1 is 1.30 bits per heavy atom. The molecule has 3 heterocycles. The summed E-state index contributed by atoms with van der Waals surface area (Å²) in [5.41, 5.74) is 1.20. The predicted octanol–water partition coefficient (Wildman–Crippen LogP) is 1.57. The Morgan fingerprint density at radius 3 is 2.67 bits per heavy atom. The number of carbonyl (C=O) groups is 2. The molecule has 2 aliphatic rings. The average Bonchev–Trinajstić information content (AvgIpc) is 3.23. The van der Waals surface area contributed by atoms with E-state index in [9.17, 15) is 19.1 Å². The number of carbonyl (C=O) groups excluding carboxylic acids is 1. The minimum Gasteiger partial charge on any atom is -0.481 e. The van der Waals surface area contributed by atoms with Crippen LogP contribution in [0.4, 0.5) is 4.39 Å². The van der Waals surface area contributed by atoms with Crippen LogP contribution in [0.1, 0.15) is 24.8 Å². The molecule has 4 rings (SSSR count). The van der Waals surface area contributed by atoms with Crippen LogP contribution < -0.4 is 5.32 Å². The number of halogens is 1. The monoisotopic (exact) mass is 372 g/mol. The highest BCUT2D eigenvalue weighted by Crippen LogP contribution is 2.37. The minimum absolute atomic E-state index is 0.0692. The number of amides is 1. The number of hydrogen-bond acceptors (Lipinski definition) is 4. The third kappa shape index (κ3) is 3.44. The molecule has 0 radical (unpaired) electrons. The number of piperidine rings is 1. The largest absolute Gasteiger partial charge is 0.481 e. The van der Waals surface area contributed by atoms with E-state index >= 15 is 0 Å². The van der Waals surface area contributed by atoms with E-state index < -0.39 is 17.4 Å². The van der Waals surface area contributed by atoms with Gasteiger partial charge in [0.1, 0.15) is 5.82 Å². The van der Waals surface area contributed by atoms with Crippen LogP contribution in [0.15, 0.2) is 36.7 Å². The second kappa shape index (κ2) is 6.77. The van der Waals surface area contributed by atoms with Gasteiger partial charge in [-0.05, 0) is 37.1 Å². The summed E-state index contributed by atoms with van der Waals surface area (Å²) in [7, 11) is 0. The van der Waals surface area contributed by atoms with Gasteiger partial charge in [0.2, 0.25) is 5.91 Å². The predicted molar refractivity (Wildman–Crippen MR) is 94.6 cm³/mol. The van der Waals surface area contributed by atoms with E-state index in [1.807, 2.05) is 6.20 Å². The molecule has 2 aromatic rings. The van der Waals surface area contributed by atoms with Crippen LogP contribution in [0.5, 0.6) is 0 Å².